The van der Waals surface area contributed by atoms with Crippen LogP contribution >= 0.6 is 0 Å². The van der Waals surface area contributed by atoms with Crippen LogP contribution in [0.1, 0.15) is 37.7 Å². The summed E-state index contributed by atoms with van der Waals surface area (Å²) >= 11 is 0. The van der Waals surface area contributed by atoms with Gasteiger partial charge in [0.05, 0.1) is 5.52 Å². The Morgan fingerprint density at radius 3 is 2.59 bits per heavy atom. The molecule has 0 fully saturated rings. The number of sulfone groups is 1. The molecule has 2 rings (SSSR count). The molecule has 0 saturated carbocycles. The quantitative estimate of drug-likeness (QED) is 0.932. The number of nitrogens with one attached hydrogen (secondary N) is 1. The Labute approximate surface area is 130 Å². The lowest BCUT2D eigenvalue weighted by atomic mass is 9.92. The van der Waals surface area contributed by atoms with Crippen molar-refractivity contribution in [1.82, 2.24) is 14.7 Å². The fourth-order valence-electron chi connectivity index (χ4n) is 2.07. The predicted octanol–water partition coefficient (Wildman–Crippen LogP) is 1.90. The van der Waals surface area contributed by atoms with E-state index in [1.165, 1.54) is 4.40 Å². The van der Waals surface area contributed by atoms with E-state index in [2.05, 4.69) is 31.1 Å². The van der Waals surface area contributed by atoms with Crippen LogP contribution in [0.4, 0.5) is 0 Å². The highest BCUT2D eigenvalue weighted by Crippen LogP contribution is 2.19. The Kier molecular flexibility index (Phi) is 4.28. The average Bonchev–Trinajstić information content (AvgIpc) is 2.76. The van der Waals surface area contributed by atoms with E-state index in [1.807, 2.05) is 0 Å². The Morgan fingerprint density at radius 1 is 1.32 bits per heavy atom. The molecule has 0 unspecified atom stereocenters. The second kappa shape index (κ2) is 5.72. The molecule has 2 aromatic rings. The average molecular weight is 323 g/mol. The zero-order chi connectivity index (χ0) is 16.5. The third-order valence-electron chi connectivity index (χ3n) is 3.22. The van der Waals surface area contributed by atoms with Crippen molar-refractivity contribution in [2.75, 3.05) is 12.8 Å². The minimum Gasteiger partial charge on any atom is -0.351 e. The van der Waals surface area contributed by atoms with E-state index in [0.29, 0.717) is 12.1 Å². The first kappa shape index (κ1) is 16.5. The van der Waals surface area contributed by atoms with E-state index < -0.39 is 9.84 Å². The molecule has 0 spiro atoms. The Morgan fingerprint density at radius 2 is 2.00 bits per heavy atom. The first-order valence-corrected chi connectivity index (χ1v) is 8.94. The second-order valence-corrected chi connectivity index (χ2v) is 8.45. The van der Waals surface area contributed by atoms with Crippen molar-refractivity contribution < 1.29 is 13.2 Å². The summed E-state index contributed by atoms with van der Waals surface area (Å²) in [4.78, 5) is 16.3. The molecule has 0 aromatic carbocycles. The number of aromatic nitrogens is 2. The topological polar surface area (TPSA) is 80.5 Å². The summed E-state index contributed by atoms with van der Waals surface area (Å²) in [6.45, 7) is 6.79. The number of hydrogen-bond donors (Lipinski definition) is 1. The second-order valence-electron chi connectivity index (χ2n) is 6.54. The molecule has 2 aromatic heterocycles. The first-order valence-electron chi connectivity index (χ1n) is 7.05. The van der Waals surface area contributed by atoms with Gasteiger partial charge in [0, 0.05) is 19.0 Å². The van der Waals surface area contributed by atoms with Crippen LogP contribution in [0.25, 0.3) is 5.52 Å². The molecule has 1 N–H and O–H groups in total. The summed E-state index contributed by atoms with van der Waals surface area (Å²) in [5.41, 5.74) is 0.729. The number of amides is 1. The third kappa shape index (κ3) is 3.65. The summed E-state index contributed by atoms with van der Waals surface area (Å²) in [5, 5.41) is 2.68. The highest BCUT2D eigenvalue weighted by molar-refractivity contribution is 7.90. The molecule has 0 radical (unpaired) electrons. The minimum atomic E-state index is -3.51. The first-order chi connectivity index (χ1) is 10.1. The van der Waals surface area contributed by atoms with Crippen molar-refractivity contribution in [3.63, 3.8) is 0 Å². The van der Waals surface area contributed by atoms with E-state index in [4.69, 9.17) is 0 Å². The summed E-state index contributed by atoms with van der Waals surface area (Å²) in [7, 11) is -3.51. The Balaban J connectivity index is 2.34. The van der Waals surface area contributed by atoms with Crippen LogP contribution in [-0.2, 0) is 9.84 Å². The number of carbonyl (C=O) groups excluding carboxylic acids is 1. The number of carbonyl (C=O) groups is 1. The van der Waals surface area contributed by atoms with Gasteiger partial charge in [-0.25, -0.2) is 13.4 Å². The third-order valence-corrected chi connectivity index (χ3v) is 4.17. The fraction of sp³-hybridized carbons (Fsp3) is 0.467. The highest BCUT2D eigenvalue weighted by Gasteiger charge is 2.22. The zero-order valence-electron chi connectivity index (χ0n) is 13.3. The van der Waals surface area contributed by atoms with Gasteiger partial charge in [-0.1, -0.05) is 26.8 Å². The Hall–Kier alpha value is -1.89. The van der Waals surface area contributed by atoms with Crippen molar-refractivity contribution in [3.8, 4) is 0 Å². The van der Waals surface area contributed by atoms with Crippen LogP contribution in [0.15, 0.2) is 29.6 Å². The molecule has 0 aliphatic heterocycles. The van der Waals surface area contributed by atoms with Gasteiger partial charge in [0.1, 0.15) is 0 Å². The molecule has 6 nitrogen and oxygen atoms in total. The molecule has 22 heavy (non-hydrogen) atoms. The number of fused-ring (bicyclic) bond motifs is 1. The van der Waals surface area contributed by atoms with Gasteiger partial charge in [-0.05, 0) is 24.0 Å². The van der Waals surface area contributed by atoms with E-state index in [0.717, 1.165) is 12.7 Å². The van der Waals surface area contributed by atoms with E-state index in [9.17, 15) is 13.2 Å². The maximum Gasteiger partial charge on any atom is 0.272 e. The van der Waals surface area contributed by atoms with Crippen molar-refractivity contribution >= 4 is 21.3 Å². The van der Waals surface area contributed by atoms with Gasteiger partial charge in [-0.15, -0.1) is 0 Å². The van der Waals surface area contributed by atoms with Crippen LogP contribution in [0.3, 0.4) is 0 Å². The number of hydrogen-bond acceptors (Lipinski definition) is 4. The van der Waals surface area contributed by atoms with Crippen LogP contribution in [0, 0.1) is 5.41 Å². The monoisotopic (exact) mass is 323 g/mol. The van der Waals surface area contributed by atoms with Crippen LogP contribution < -0.4 is 5.32 Å². The molecule has 2 heterocycles. The molecule has 0 aliphatic carbocycles. The van der Waals surface area contributed by atoms with Gasteiger partial charge in [0.15, 0.2) is 5.69 Å². The van der Waals surface area contributed by atoms with Gasteiger partial charge in [0.2, 0.25) is 15.0 Å². The van der Waals surface area contributed by atoms with E-state index >= 15 is 0 Å². The van der Waals surface area contributed by atoms with Crippen molar-refractivity contribution in [2.24, 2.45) is 5.41 Å². The number of imidazole rings is 1. The zero-order valence-corrected chi connectivity index (χ0v) is 14.1. The van der Waals surface area contributed by atoms with Crippen LogP contribution in [0.2, 0.25) is 0 Å². The van der Waals surface area contributed by atoms with Crippen molar-refractivity contribution in [1.29, 1.82) is 0 Å². The van der Waals surface area contributed by atoms with Gasteiger partial charge < -0.3 is 5.32 Å². The van der Waals surface area contributed by atoms with E-state index in [-0.39, 0.29) is 22.2 Å². The predicted molar refractivity (Wildman–Crippen MR) is 84.7 cm³/mol. The Bertz CT molecular complexity index is 801. The van der Waals surface area contributed by atoms with Gasteiger partial charge in [-0.2, -0.15) is 0 Å². The lowest BCUT2D eigenvalue weighted by Gasteiger charge is -2.17. The smallest absolute Gasteiger partial charge is 0.272 e. The van der Waals surface area contributed by atoms with Gasteiger partial charge >= 0.3 is 0 Å². The highest BCUT2D eigenvalue weighted by atomic mass is 32.2. The van der Waals surface area contributed by atoms with Gasteiger partial charge in [-0.3, -0.25) is 9.20 Å². The molecule has 0 atom stereocenters. The van der Waals surface area contributed by atoms with Gasteiger partial charge in [0.25, 0.3) is 5.91 Å². The number of nitrogens with zero attached hydrogens (tertiary/aromatic N) is 2. The molecule has 7 heteroatoms. The summed E-state index contributed by atoms with van der Waals surface area (Å²) in [6.07, 6.45) is 3.49. The maximum absolute atomic E-state index is 12.3. The summed E-state index contributed by atoms with van der Waals surface area (Å²) in [6, 6.07) is 5.13. The molecular weight excluding hydrogens is 302 g/mol. The van der Waals surface area contributed by atoms with Crippen LogP contribution in [0.5, 0.6) is 0 Å². The van der Waals surface area contributed by atoms with Crippen LogP contribution in [-0.4, -0.2) is 36.5 Å². The van der Waals surface area contributed by atoms with Crippen molar-refractivity contribution in [3.05, 3.63) is 30.1 Å². The normalized spacial score (nSPS) is 12.5. The number of pyridine rings is 1. The minimum absolute atomic E-state index is 0.113. The molecule has 120 valence electrons. The SMILES string of the molecule is CC(C)(C)CCNC(=O)c1nc(S(C)(=O)=O)n2ccccc12. The lowest BCUT2D eigenvalue weighted by molar-refractivity contribution is 0.0946. The molecule has 1 amide bonds. The molecule has 0 saturated heterocycles. The number of rotatable bonds is 4. The molecule has 0 aliphatic rings. The summed E-state index contributed by atoms with van der Waals surface area (Å²) < 4.78 is 25.1. The fourth-order valence-corrected chi connectivity index (χ4v) is 2.85. The molecule has 0 bridgehead atoms. The summed E-state index contributed by atoms with van der Waals surface area (Å²) in [5.74, 6) is -0.358. The van der Waals surface area contributed by atoms with Crippen molar-refractivity contribution in [2.45, 2.75) is 32.3 Å². The van der Waals surface area contributed by atoms with E-state index in [1.54, 1.807) is 24.4 Å². The maximum atomic E-state index is 12.3. The molecular formula is C15H21N3O3S. The largest absolute Gasteiger partial charge is 0.351 e. The lowest BCUT2D eigenvalue weighted by Crippen LogP contribution is -2.27. The standard InChI is InChI=1S/C15H21N3O3S/c1-15(2,3)8-9-16-13(19)12-11-7-5-6-10-18(11)14(17-12)22(4,20)21/h5-7,10H,8-9H2,1-4H3,(H,16,19).